The molecule has 1 N–H and O–H groups in total. The Labute approximate surface area is 114 Å². The summed E-state index contributed by atoms with van der Waals surface area (Å²) in [4.78, 5) is 13.9. The van der Waals surface area contributed by atoms with Crippen LogP contribution in [0.2, 0.25) is 0 Å². The maximum Gasteiger partial charge on any atom is 0.255 e. The Kier molecular flexibility index (Phi) is 4.02. The summed E-state index contributed by atoms with van der Waals surface area (Å²) in [6.07, 6.45) is 0.835. The number of likely N-dealkylation sites (tertiary alicyclic amines) is 1. The van der Waals surface area contributed by atoms with E-state index < -0.39 is 0 Å². The number of rotatable bonds is 1. The van der Waals surface area contributed by atoms with Gasteiger partial charge in [-0.2, -0.15) is 0 Å². The third-order valence-electron chi connectivity index (χ3n) is 3.23. The Hall–Kier alpha value is -0.940. The van der Waals surface area contributed by atoms with Crippen LogP contribution in [0.5, 0.6) is 0 Å². The molecule has 0 saturated carbocycles. The fourth-order valence-electron chi connectivity index (χ4n) is 2.05. The van der Waals surface area contributed by atoms with Gasteiger partial charge in [-0.15, -0.1) is 0 Å². The second-order valence-corrected chi connectivity index (χ2v) is 5.46. The lowest BCUT2D eigenvalue weighted by Crippen LogP contribution is -2.40. The number of nitrogens with zero attached hydrogens (tertiary/aromatic N) is 1. The van der Waals surface area contributed by atoms with Crippen LogP contribution >= 0.6 is 15.9 Å². The Bertz CT molecular complexity index is 470. The zero-order valence-corrected chi connectivity index (χ0v) is 11.7. The van der Waals surface area contributed by atoms with Crippen molar-refractivity contribution in [2.24, 2.45) is 0 Å². The molecule has 0 radical (unpaired) electrons. The molecule has 5 heteroatoms. The molecule has 1 aliphatic rings. The topological polar surface area (TPSA) is 40.5 Å². The third kappa shape index (κ3) is 2.72. The van der Waals surface area contributed by atoms with Crippen LogP contribution in [0.1, 0.15) is 28.8 Å². The molecule has 0 unspecified atom stereocenters. The van der Waals surface area contributed by atoms with Crippen molar-refractivity contribution >= 4 is 21.8 Å². The number of carbonyl (C=O) groups is 1. The highest BCUT2D eigenvalue weighted by molar-refractivity contribution is 9.10. The fraction of sp³-hybridized carbons (Fsp3) is 0.462. The van der Waals surface area contributed by atoms with E-state index in [9.17, 15) is 14.3 Å². The number of aliphatic hydroxyl groups excluding tert-OH is 1. The van der Waals surface area contributed by atoms with Gasteiger partial charge in [-0.05, 0) is 53.4 Å². The minimum absolute atomic E-state index is 0.187. The minimum Gasteiger partial charge on any atom is -0.393 e. The first kappa shape index (κ1) is 13.5. The van der Waals surface area contributed by atoms with Gasteiger partial charge in [-0.3, -0.25) is 4.79 Å². The largest absolute Gasteiger partial charge is 0.393 e. The van der Waals surface area contributed by atoms with Crippen molar-refractivity contribution in [3.63, 3.8) is 0 Å². The van der Waals surface area contributed by atoms with Crippen molar-refractivity contribution < 1.29 is 14.3 Å². The molecule has 0 atom stereocenters. The lowest BCUT2D eigenvalue weighted by molar-refractivity contribution is 0.0545. The first-order chi connectivity index (χ1) is 8.49. The summed E-state index contributed by atoms with van der Waals surface area (Å²) >= 11 is 3.30. The van der Waals surface area contributed by atoms with Gasteiger partial charge in [0.2, 0.25) is 0 Å². The monoisotopic (exact) mass is 315 g/mol. The van der Waals surface area contributed by atoms with Crippen LogP contribution in [-0.2, 0) is 0 Å². The first-order valence-corrected chi connectivity index (χ1v) is 6.71. The van der Waals surface area contributed by atoms with Crippen molar-refractivity contribution in [3.8, 4) is 0 Å². The van der Waals surface area contributed by atoms with Crippen LogP contribution in [0, 0.1) is 12.7 Å². The summed E-state index contributed by atoms with van der Waals surface area (Å²) in [5.74, 6) is -0.564. The second-order valence-electron chi connectivity index (χ2n) is 4.60. The summed E-state index contributed by atoms with van der Waals surface area (Å²) in [6, 6.07) is 2.88. The highest BCUT2D eigenvalue weighted by Gasteiger charge is 2.24. The first-order valence-electron chi connectivity index (χ1n) is 5.92. The molecule has 1 amide bonds. The average molecular weight is 316 g/mol. The van der Waals surface area contributed by atoms with Gasteiger partial charge in [-0.1, -0.05) is 0 Å². The molecule has 0 aliphatic carbocycles. The van der Waals surface area contributed by atoms with Crippen molar-refractivity contribution in [2.45, 2.75) is 25.9 Å². The number of hydrogen-bond acceptors (Lipinski definition) is 2. The molecule has 1 aliphatic heterocycles. The lowest BCUT2D eigenvalue weighted by Gasteiger charge is -2.30. The van der Waals surface area contributed by atoms with E-state index in [0.29, 0.717) is 41.5 Å². The van der Waals surface area contributed by atoms with Gasteiger partial charge in [0.1, 0.15) is 5.82 Å². The molecular formula is C13H15BrFNO2. The van der Waals surface area contributed by atoms with Crippen molar-refractivity contribution in [1.82, 2.24) is 4.90 Å². The zero-order valence-electron chi connectivity index (χ0n) is 10.1. The molecule has 0 bridgehead atoms. The summed E-state index contributed by atoms with van der Waals surface area (Å²) in [5, 5.41) is 9.41. The van der Waals surface area contributed by atoms with Crippen molar-refractivity contribution in [2.75, 3.05) is 13.1 Å². The number of benzene rings is 1. The molecule has 1 aromatic rings. The van der Waals surface area contributed by atoms with E-state index in [1.807, 2.05) is 0 Å². The van der Waals surface area contributed by atoms with Gasteiger partial charge in [0.15, 0.2) is 0 Å². The molecule has 0 spiro atoms. The van der Waals surface area contributed by atoms with E-state index in [0.717, 1.165) is 0 Å². The van der Waals surface area contributed by atoms with E-state index in [1.54, 1.807) is 17.9 Å². The van der Waals surface area contributed by atoms with Gasteiger partial charge >= 0.3 is 0 Å². The maximum absolute atomic E-state index is 13.5. The number of carbonyl (C=O) groups excluding carboxylic acids is 1. The Morgan fingerprint density at radius 3 is 2.67 bits per heavy atom. The van der Waals surface area contributed by atoms with E-state index in [4.69, 9.17) is 0 Å². The quantitative estimate of drug-likeness (QED) is 0.865. The Balaban J connectivity index is 2.21. The predicted molar refractivity (Wildman–Crippen MR) is 70.0 cm³/mol. The zero-order chi connectivity index (χ0) is 13.3. The van der Waals surface area contributed by atoms with Gasteiger partial charge in [-0.25, -0.2) is 4.39 Å². The molecule has 18 heavy (non-hydrogen) atoms. The van der Waals surface area contributed by atoms with Crippen LogP contribution in [0.15, 0.2) is 16.6 Å². The van der Waals surface area contributed by atoms with Crippen LogP contribution in [-0.4, -0.2) is 35.1 Å². The van der Waals surface area contributed by atoms with Gasteiger partial charge in [0.05, 0.1) is 11.7 Å². The summed E-state index contributed by atoms with van der Waals surface area (Å²) in [5.41, 5.74) is 0.849. The van der Waals surface area contributed by atoms with Gasteiger partial charge < -0.3 is 10.0 Å². The molecular weight excluding hydrogens is 301 g/mol. The summed E-state index contributed by atoms with van der Waals surface area (Å²) < 4.78 is 14.1. The molecule has 98 valence electrons. The summed E-state index contributed by atoms with van der Waals surface area (Å²) in [7, 11) is 0. The predicted octanol–water partition coefficient (Wildman–Crippen LogP) is 2.49. The second kappa shape index (κ2) is 5.36. The Morgan fingerprint density at radius 2 is 2.06 bits per heavy atom. The van der Waals surface area contributed by atoms with E-state index >= 15 is 0 Å². The van der Waals surface area contributed by atoms with Crippen molar-refractivity contribution in [1.29, 1.82) is 0 Å². The third-order valence-corrected chi connectivity index (χ3v) is 3.89. The van der Waals surface area contributed by atoms with Crippen LogP contribution in [0.4, 0.5) is 4.39 Å². The number of halogens is 2. The van der Waals surface area contributed by atoms with Crippen molar-refractivity contribution in [3.05, 3.63) is 33.5 Å². The minimum atomic E-state index is -0.376. The number of piperidine rings is 1. The number of aryl methyl sites for hydroxylation is 1. The van der Waals surface area contributed by atoms with E-state index in [-0.39, 0.29) is 17.8 Å². The number of hydrogen-bond donors (Lipinski definition) is 1. The number of aliphatic hydroxyl groups is 1. The van der Waals surface area contributed by atoms with Crippen LogP contribution in [0.3, 0.4) is 0 Å². The molecule has 1 fully saturated rings. The Morgan fingerprint density at radius 1 is 1.44 bits per heavy atom. The summed E-state index contributed by atoms with van der Waals surface area (Å²) in [6.45, 7) is 2.69. The maximum atomic E-state index is 13.5. The molecule has 0 aromatic heterocycles. The molecule has 1 aromatic carbocycles. The lowest BCUT2D eigenvalue weighted by atomic mass is 10.1. The van der Waals surface area contributed by atoms with Crippen LogP contribution < -0.4 is 0 Å². The molecule has 2 rings (SSSR count). The smallest absolute Gasteiger partial charge is 0.255 e. The average Bonchev–Trinajstić information content (AvgIpc) is 2.34. The highest BCUT2D eigenvalue weighted by atomic mass is 79.9. The standard InChI is InChI=1S/C13H15BrFNO2/c1-8-6-11(14)10(7-12(8)15)13(18)16-4-2-9(17)3-5-16/h6-7,9,17H,2-5H2,1H3. The molecule has 1 saturated heterocycles. The van der Waals surface area contributed by atoms with Crippen LogP contribution in [0.25, 0.3) is 0 Å². The fourth-order valence-corrected chi connectivity index (χ4v) is 2.68. The molecule has 3 nitrogen and oxygen atoms in total. The van der Waals surface area contributed by atoms with E-state index in [2.05, 4.69) is 15.9 Å². The highest BCUT2D eigenvalue weighted by Crippen LogP contribution is 2.23. The van der Waals surface area contributed by atoms with Gasteiger partial charge in [0.25, 0.3) is 5.91 Å². The van der Waals surface area contributed by atoms with Gasteiger partial charge in [0, 0.05) is 17.6 Å². The van der Waals surface area contributed by atoms with E-state index in [1.165, 1.54) is 6.07 Å². The molecule has 1 heterocycles. The normalized spacial score (nSPS) is 17.0. The number of amides is 1. The SMILES string of the molecule is Cc1cc(Br)c(C(=O)N2CCC(O)CC2)cc1F.